The highest BCUT2D eigenvalue weighted by molar-refractivity contribution is 5.89. The third-order valence-corrected chi connectivity index (χ3v) is 3.81. The molecule has 0 unspecified atom stereocenters. The lowest BCUT2D eigenvalue weighted by atomic mass is 10.2. The number of carbonyl (C=O) groups is 1. The van der Waals surface area contributed by atoms with E-state index in [1.807, 2.05) is 31.2 Å². The van der Waals surface area contributed by atoms with Crippen molar-refractivity contribution >= 4 is 23.6 Å². The molecule has 9 heteroatoms. The number of nitrogens with one attached hydrogen (secondary N) is 1. The van der Waals surface area contributed by atoms with Crippen LogP contribution in [0, 0.1) is 12.7 Å². The number of carbonyl (C=O) groups excluding carboxylic acids is 1. The summed E-state index contributed by atoms with van der Waals surface area (Å²) in [4.78, 5) is 24.3. The maximum absolute atomic E-state index is 13.7. The number of halogens is 1. The van der Waals surface area contributed by atoms with Crippen LogP contribution in [-0.4, -0.2) is 28.0 Å². The molecule has 3 aromatic rings. The minimum Gasteiger partial charge on any atom is -0.494 e. The topological polar surface area (TPSA) is 112 Å². The van der Waals surface area contributed by atoms with Crippen LogP contribution in [0.15, 0.2) is 42.5 Å². The van der Waals surface area contributed by atoms with E-state index in [4.69, 9.17) is 15.2 Å². The van der Waals surface area contributed by atoms with Crippen molar-refractivity contribution in [2.45, 2.75) is 13.5 Å². The van der Waals surface area contributed by atoms with Gasteiger partial charge in [0.15, 0.2) is 24.0 Å². The summed E-state index contributed by atoms with van der Waals surface area (Å²) in [6.07, 6.45) is 0. The molecule has 144 valence electrons. The number of aromatic nitrogens is 3. The van der Waals surface area contributed by atoms with Crippen molar-refractivity contribution in [1.82, 2.24) is 15.0 Å². The second-order valence-corrected chi connectivity index (χ2v) is 5.80. The molecule has 0 aliphatic carbocycles. The molecule has 1 heterocycles. The first kappa shape index (κ1) is 19.0. The molecule has 0 aliphatic heterocycles. The van der Waals surface area contributed by atoms with Crippen LogP contribution in [0.5, 0.6) is 5.75 Å². The zero-order valence-electron chi connectivity index (χ0n) is 15.3. The van der Waals surface area contributed by atoms with E-state index in [1.54, 1.807) is 0 Å². The Labute approximate surface area is 160 Å². The van der Waals surface area contributed by atoms with Gasteiger partial charge in [0.1, 0.15) is 0 Å². The fourth-order valence-electron chi connectivity index (χ4n) is 2.40. The largest absolute Gasteiger partial charge is 0.494 e. The summed E-state index contributed by atoms with van der Waals surface area (Å²) in [6.45, 7) is 1.69. The van der Waals surface area contributed by atoms with Crippen LogP contribution in [0.4, 0.5) is 22.0 Å². The predicted molar refractivity (Wildman–Crippen MR) is 101 cm³/mol. The van der Waals surface area contributed by atoms with Gasteiger partial charge in [0.2, 0.25) is 11.9 Å². The normalized spacial score (nSPS) is 10.4. The maximum Gasteiger partial charge on any atom is 0.338 e. The van der Waals surface area contributed by atoms with Gasteiger partial charge in [0, 0.05) is 5.69 Å². The van der Waals surface area contributed by atoms with Crippen molar-refractivity contribution in [2.75, 3.05) is 18.2 Å². The number of nitrogen functional groups attached to an aromatic ring is 1. The molecule has 0 aliphatic rings. The predicted octanol–water partition coefficient (Wildman–Crippen LogP) is 3.01. The van der Waals surface area contributed by atoms with Crippen molar-refractivity contribution in [3.63, 3.8) is 0 Å². The van der Waals surface area contributed by atoms with Crippen LogP contribution in [0.1, 0.15) is 21.7 Å². The van der Waals surface area contributed by atoms with Gasteiger partial charge in [-0.2, -0.15) is 15.0 Å². The number of aryl methyl sites for hydroxylation is 1. The summed E-state index contributed by atoms with van der Waals surface area (Å²) in [5, 5.41) is 3.05. The maximum atomic E-state index is 13.7. The fraction of sp³-hybridized carbons (Fsp3) is 0.158. The van der Waals surface area contributed by atoms with Gasteiger partial charge in [0.05, 0.1) is 12.7 Å². The number of nitrogens with two attached hydrogens (primary N) is 1. The van der Waals surface area contributed by atoms with Gasteiger partial charge >= 0.3 is 5.97 Å². The molecule has 8 nitrogen and oxygen atoms in total. The summed E-state index contributed by atoms with van der Waals surface area (Å²) < 4.78 is 23.7. The molecule has 0 saturated carbocycles. The molecule has 0 saturated heterocycles. The minimum atomic E-state index is -0.728. The third-order valence-electron chi connectivity index (χ3n) is 3.81. The number of ether oxygens (including phenoxy) is 2. The zero-order valence-corrected chi connectivity index (χ0v) is 15.3. The Kier molecular flexibility index (Phi) is 5.64. The van der Waals surface area contributed by atoms with Crippen LogP contribution < -0.4 is 15.8 Å². The second-order valence-electron chi connectivity index (χ2n) is 5.80. The fourth-order valence-corrected chi connectivity index (χ4v) is 2.40. The third kappa shape index (κ3) is 4.50. The summed E-state index contributed by atoms with van der Waals surface area (Å²) >= 11 is 0. The molecule has 0 atom stereocenters. The molecule has 0 fully saturated rings. The first-order valence-corrected chi connectivity index (χ1v) is 8.30. The molecule has 0 radical (unpaired) electrons. The highest BCUT2D eigenvalue weighted by atomic mass is 19.1. The van der Waals surface area contributed by atoms with Crippen LogP contribution in [0.25, 0.3) is 0 Å². The van der Waals surface area contributed by atoms with Crippen molar-refractivity contribution in [3.8, 4) is 5.75 Å². The SMILES string of the molecule is COc1ccc(C(=O)OCc2nc(N)nc(Nc3ccccc3C)n2)cc1F. The lowest BCUT2D eigenvalue weighted by Crippen LogP contribution is -2.11. The molecule has 3 N–H and O–H groups in total. The number of anilines is 3. The number of rotatable bonds is 6. The van der Waals surface area contributed by atoms with Crippen molar-refractivity contribution in [1.29, 1.82) is 0 Å². The molecular formula is C19H18FN5O3. The van der Waals surface area contributed by atoms with Gasteiger partial charge in [-0.1, -0.05) is 18.2 Å². The van der Waals surface area contributed by atoms with Crippen LogP contribution in [0.2, 0.25) is 0 Å². The number of methoxy groups -OCH3 is 1. The van der Waals surface area contributed by atoms with E-state index >= 15 is 0 Å². The Morgan fingerprint density at radius 2 is 1.96 bits per heavy atom. The number of hydrogen-bond donors (Lipinski definition) is 2. The smallest absolute Gasteiger partial charge is 0.338 e. The Morgan fingerprint density at radius 1 is 1.18 bits per heavy atom. The number of esters is 1. The van der Waals surface area contributed by atoms with E-state index in [1.165, 1.54) is 19.2 Å². The number of benzene rings is 2. The van der Waals surface area contributed by atoms with E-state index in [2.05, 4.69) is 20.3 Å². The van der Waals surface area contributed by atoms with Gasteiger partial charge in [-0.05, 0) is 36.8 Å². The Balaban J connectivity index is 1.70. The van der Waals surface area contributed by atoms with Crippen molar-refractivity contribution in [2.24, 2.45) is 0 Å². The number of hydrogen-bond acceptors (Lipinski definition) is 8. The standard InChI is InChI=1S/C19H18FN5O3/c1-11-5-3-4-6-14(11)22-19-24-16(23-18(21)25-19)10-28-17(26)12-7-8-15(27-2)13(20)9-12/h3-9H,10H2,1-2H3,(H3,21,22,23,24,25). The Hall–Kier alpha value is -3.75. The lowest BCUT2D eigenvalue weighted by molar-refractivity contribution is 0.0461. The molecular weight excluding hydrogens is 365 g/mol. The monoisotopic (exact) mass is 383 g/mol. The van der Waals surface area contributed by atoms with E-state index in [0.29, 0.717) is 0 Å². The highest BCUT2D eigenvalue weighted by Gasteiger charge is 2.13. The summed E-state index contributed by atoms with van der Waals surface area (Å²) in [7, 11) is 1.34. The lowest BCUT2D eigenvalue weighted by Gasteiger charge is -2.10. The molecule has 0 spiro atoms. The van der Waals surface area contributed by atoms with Gasteiger partial charge in [-0.3, -0.25) is 0 Å². The zero-order chi connectivity index (χ0) is 20.1. The number of para-hydroxylation sites is 1. The van der Waals surface area contributed by atoms with E-state index in [0.717, 1.165) is 17.3 Å². The van der Waals surface area contributed by atoms with Crippen LogP contribution in [-0.2, 0) is 11.3 Å². The quantitative estimate of drug-likeness (QED) is 0.625. The molecule has 1 aromatic heterocycles. The first-order valence-electron chi connectivity index (χ1n) is 8.30. The summed E-state index contributed by atoms with van der Waals surface area (Å²) in [6, 6.07) is 11.4. The summed E-state index contributed by atoms with van der Waals surface area (Å²) in [5.74, 6) is -0.990. The van der Waals surface area contributed by atoms with Crippen molar-refractivity contribution < 1.29 is 18.7 Å². The molecule has 3 rings (SSSR count). The molecule has 0 bridgehead atoms. The van der Waals surface area contributed by atoms with Gasteiger partial charge in [0.25, 0.3) is 0 Å². The van der Waals surface area contributed by atoms with E-state index < -0.39 is 11.8 Å². The average Bonchev–Trinajstić information content (AvgIpc) is 2.67. The van der Waals surface area contributed by atoms with Crippen LogP contribution >= 0.6 is 0 Å². The van der Waals surface area contributed by atoms with E-state index in [-0.39, 0.29) is 35.6 Å². The molecule has 2 aromatic carbocycles. The minimum absolute atomic E-state index is 0.0207. The summed E-state index contributed by atoms with van der Waals surface area (Å²) in [5.41, 5.74) is 7.56. The van der Waals surface area contributed by atoms with Gasteiger partial charge < -0.3 is 20.5 Å². The van der Waals surface area contributed by atoms with E-state index in [9.17, 15) is 9.18 Å². The molecule has 0 amide bonds. The molecule has 28 heavy (non-hydrogen) atoms. The average molecular weight is 383 g/mol. The highest BCUT2D eigenvalue weighted by Crippen LogP contribution is 2.19. The van der Waals surface area contributed by atoms with Crippen molar-refractivity contribution in [3.05, 3.63) is 65.2 Å². The second kappa shape index (κ2) is 8.30. The number of nitrogens with zero attached hydrogens (tertiary/aromatic N) is 3. The Bertz CT molecular complexity index is 1010. The van der Waals surface area contributed by atoms with Crippen LogP contribution in [0.3, 0.4) is 0 Å². The van der Waals surface area contributed by atoms with Gasteiger partial charge in [-0.25, -0.2) is 9.18 Å². The first-order chi connectivity index (χ1) is 13.5. The van der Waals surface area contributed by atoms with Gasteiger partial charge in [-0.15, -0.1) is 0 Å². The Morgan fingerprint density at radius 3 is 2.68 bits per heavy atom.